The van der Waals surface area contributed by atoms with E-state index in [1.54, 1.807) is 24.5 Å². The Balaban J connectivity index is 1.51. The van der Waals surface area contributed by atoms with E-state index in [0.717, 1.165) is 30.5 Å². The normalized spacial score (nSPS) is 17.5. The minimum atomic E-state index is -0.569. The first-order valence-corrected chi connectivity index (χ1v) is 9.76. The van der Waals surface area contributed by atoms with Crippen LogP contribution >= 0.6 is 0 Å². The Hall–Kier alpha value is -2.73. The number of nitrogens with one attached hydrogen (secondary N) is 1. The third kappa shape index (κ3) is 3.64. The van der Waals surface area contributed by atoms with Crippen LogP contribution in [0.2, 0.25) is 0 Å². The molecule has 1 N–H and O–H groups in total. The summed E-state index contributed by atoms with van der Waals surface area (Å²) >= 11 is 0. The lowest BCUT2D eigenvalue weighted by molar-refractivity contribution is -0.122. The summed E-state index contributed by atoms with van der Waals surface area (Å²) in [6.07, 6.45) is 6.70. The fourth-order valence-corrected chi connectivity index (χ4v) is 3.56. The monoisotopic (exact) mass is 379 g/mol. The van der Waals surface area contributed by atoms with Crippen LogP contribution in [0.25, 0.3) is 0 Å². The van der Waals surface area contributed by atoms with Crippen LogP contribution in [0, 0.1) is 0 Å². The van der Waals surface area contributed by atoms with Crippen LogP contribution in [0.5, 0.6) is 0 Å². The molecule has 4 rings (SSSR count). The fourth-order valence-electron chi connectivity index (χ4n) is 3.56. The van der Waals surface area contributed by atoms with Crippen molar-refractivity contribution in [1.29, 1.82) is 0 Å². The minimum absolute atomic E-state index is 0.0894. The number of rotatable bonds is 7. The maximum absolute atomic E-state index is 13.0. The van der Waals surface area contributed by atoms with Gasteiger partial charge >= 0.3 is 0 Å². The van der Waals surface area contributed by atoms with Crippen molar-refractivity contribution in [1.82, 2.24) is 4.98 Å². The number of fused-ring (bicyclic) bond motifs is 1. The van der Waals surface area contributed by atoms with Crippen molar-refractivity contribution in [2.75, 3.05) is 23.4 Å². The molecule has 1 aliphatic heterocycles. The molecule has 0 radical (unpaired) electrons. The molecule has 1 aromatic heterocycles. The highest BCUT2D eigenvalue weighted by molar-refractivity contribution is 6.09. The predicted octanol–water partition coefficient (Wildman–Crippen LogP) is 3.53. The number of benzene rings is 1. The maximum atomic E-state index is 13.0. The van der Waals surface area contributed by atoms with Crippen molar-refractivity contribution in [3.63, 3.8) is 0 Å². The van der Waals surface area contributed by atoms with Gasteiger partial charge in [0.1, 0.15) is 0 Å². The quantitative estimate of drug-likeness (QED) is 0.747. The number of carbonyl (C=O) groups excluding carboxylic acids is 2. The van der Waals surface area contributed by atoms with Gasteiger partial charge in [0, 0.05) is 42.5 Å². The summed E-state index contributed by atoms with van der Waals surface area (Å²) < 4.78 is 5.71. The van der Waals surface area contributed by atoms with Gasteiger partial charge < -0.3 is 15.0 Å². The second kappa shape index (κ2) is 7.36. The van der Waals surface area contributed by atoms with Crippen LogP contribution < -0.4 is 10.2 Å². The lowest BCUT2D eigenvalue weighted by atomic mass is 9.86. The van der Waals surface area contributed by atoms with E-state index in [4.69, 9.17) is 4.74 Å². The van der Waals surface area contributed by atoms with Crippen LogP contribution in [-0.2, 0) is 14.9 Å². The zero-order chi connectivity index (χ0) is 19.7. The highest BCUT2D eigenvalue weighted by Crippen LogP contribution is 2.43. The summed E-state index contributed by atoms with van der Waals surface area (Å²) in [4.78, 5) is 31.2. The summed E-state index contributed by atoms with van der Waals surface area (Å²) in [6.45, 7) is 5.18. The number of carbonyl (C=O) groups is 2. The molecule has 2 aliphatic rings. The second-order valence-electron chi connectivity index (χ2n) is 7.93. The van der Waals surface area contributed by atoms with Gasteiger partial charge in [0.05, 0.1) is 11.5 Å². The highest BCUT2D eigenvalue weighted by Gasteiger charge is 2.43. The highest BCUT2D eigenvalue weighted by atomic mass is 16.5. The minimum Gasteiger partial charge on any atom is -0.378 e. The van der Waals surface area contributed by atoms with Gasteiger partial charge in [0.25, 0.3) is 5.91 Å². The molecule has 1 saturated carbocycles. The van der Waals surface area contributed by atoms with E-state index in [1.807, 2.05) is 36.9 Å². The first-order chi connectivity index (χ1) is 13.5. The molecular formula is C22H25N3O3. The molecular weight excluding hydrogens is 354 g/mol. The van der Waals surface area contributed by atoms with Crippen molar-refractivity contribution in [3.05, 3.63) is 53.9 Å². The van der Waals surface area contributed by atoms with Crippen molar-refractivity contribution in [2.45, 2.75) is 44.6 Å². The van der Waals surface area contributed by atoms with Gasteiger partial charge in [-0.15, -0.1) is 0 Å². The molecule has 0 saturated heterocycles. The Kier molecular flexibility index (Phi) is 4.89. The van der Waals surface area contributed by atoms with Gasteiger partial charge in [-0.25, -0.2) is 0 Å². The SMILES string of the molecule is CC1(C)C(=O)N(CCCOC2CC2)c2cc(NC(=O)c3ccncc3)ccc21. The number of ether oxygens (including phenoxy) is 1. The number of pyridine rings is 1. The zero-order valence-electron chi connectivity index (χ0n) is 16.3. The lowest BCUT2D eigenvalue weighted by Gasteiger charge is -2.20. The van der Waals surface area contributed by atoms with Crippen molar-refractivity contribution >= 4 is 23.2 Å². The molecule has 2 heterocycles. The Bertz CT molecular complexity index is 891. The predicted molar refractivity (Wildman–Crippen MR) is 108 cm³/mol. The van der Waals surface area contributed by atoms with Crippen molar-refractivity contribution in [3.8, 4) is 0 Å². The molecule has 1 aromatic carbocycles. The molecule has 6 nitrogen and oxygen atoms in total. The molecule has 2 amide bonds. The summed E-state index contributed by atoms with van der Waals surface area (Å²) in [5.41, 5.74) is 2.50. The molecule has 28 heavy (non-hydrogen) atoms. The van der Waals surface area contributed by atoms with Gasteiger partial charge in [0.2, 0.25) is 5.91 Å². The second-order valence-corrected chi connectivity index (χ2v) is 7.93. The number of hydrogen-bond donors (Lipinski definition) is 1. The maximum Gasteiger partial charge on any atom is 0.255 e. The fraction of sp³-hybridized carbons (Fsp3) is 0.409. The molecule has 0 unspecified atom stereocenters. The Labute approximate surface area is 164 Å². The average molecular weight is 379 g/mol. The van der Waals surface area contributed by atoms with Crippen LogP contribution in [0.15, 0.2) is 42.7 Å². The Morgan fingerprint density at radius 1 is 1.25 bits per heavy atom. The first kappa shape index (κ1) is 18.6. The topological polar surface area (TPSA) is 71.5 Å². The van der Waals surface area contributed by atoms with E-state index >= 15 is 0 Å². The van der Waals surface area contributed by atoms with E-state index in [0.29, 0.717) is 30.5 Å². The zero-order valence-corrected chi connectivity index (χ0v) is 16.3. The largest absolute Gasteiger partial charge is 0.378 e. The van der Waals surface area contributed by atoms with E-state index in [9.17, 15) is 9.59 Å². The summed E-state index contributed by atoms with van der Waals surface area (Å²) in [6, 6.07) is 9.02. The smallest absolute Gasteiger partial charge is 0.255 e. The number of anilines is 2. The Morgan fingerprint density at radius 3 is 2.71 bits per heavy atom. The van der Waals surface area contributed by atoms with Gasteiger partial charge in [-0.05, 0) is 62.9 Å². The molecule has 0 bridgehead atoms. The lowest BCUT2D eigenvalue weighted by Crippen LogP contribution is -2.37. The summed E-state index contributed by atoms with van der Waals surface area (Å²) in [7, 11) is 0. The van der Waals surface area contributed by atoms with Crippen molar-refractivity contribution < 1.29 is 14.3 Å². The van der Waals surface area contributed by atoms with E-state index < -0.39 is 5.41 Å². The van der Waals surface area contributed by atoms with Gasteiger partial charge in [0.15, 0.2) is 0 Å². The molecule has 0 spiro atoms. The average Bonchev–Trinajstić information content (AvgIpc) is 3.49. The molecule has 146 valence electrons. The third-order valence-electron chi connectivity index (χ3n) is 5.35. The van der Waals surface area contributed by atoms with Crippen LogP contribution in [0.4, 0.5) is 11.4 Å². The van der Waals surface area contributed by atoms with Gasteiger partial charge in [-0.2, -0.15) is 0 Å². The van der Waals surface area contributed by atoms with Crippen LogP contribution in [0.1, 0.15) is 49.0 Å². The van der Waals surface area contributed by atoms with Crippen molar-refractivity contribution in [2.24, 2.45) is 0 Å². The number of nitrogens with zero attached hydrogens (tertiary/aromatic N) is 2. The molecule has 6 heteroatoms. The standard InChI is InChI=1S/C22H25N3O3/c1-22(2)18-7-4-16(24-20(26)15-8-10-23-11-9-15)14-19(18)25(21(22)27)12-3-13-28-17-5-6-17/h4,7-11,14,17H,3,5-6,12-13H2,1-2H3,(H,24,26). The first-order valence-electron chi connectivity index (χ1n) is 9.76. The summed E-state index contributed by atoms with van der Waals surface area (Å²) in [5.74, 6) is -0.109. The Morgan fingerprint density at radius 2 is 2.00 bits per heavy atom. The van der Waals surface area contributed by atoms with Gasteiger partial charge in [-0.3, -0.25) is 14.6 Å². The number of hydrogen-bond acceptors (Lipinski definition) is 4. The molecule has 1 aliphatic carbocycles. The van der Waals surface area contributed by atoms with Crippen LogP contribution in [0.3, 0.4) is 0 Å². The van der Waals surface area contributed by atoms with E-state index in [2.05, 4.69) is 10.3 Å². The number of aromatic nitrogens is 1. The van der Waals surface area contributed by atoms with Crippen LogP contribution in [-0.4, -0.2) is 36.1 Å². The third-order valence-corrected chi connectivity index (χ3v) is 5.35. The van der Waals surface area contributed by atoms with E-state index in [1.165, 1.54) is 0 Å². The number of amides is 2. The van der Waals surface area contributed by atoms with E-state index in [-0.39, 0.29) is 11.8 Å². The molecule has 0 atom stereocenters. The summed E-state index contributed by atoms with van der Waals surface area (Å²) in [5, 5.41) is 2.91. The molecule has 2 aromatic rings. The molecule has 1 fully saturated rings. The van der Waals surface area contributed by atoms with Gasteiger partial charge in [-0.1, -0.05) is 6.07 Å².